The third kappa shape index (κ3) is 3.49. The molecular weight excluding hydrogens is 252 g/mol. The summed E-state index contributed by atoms with van der Waals surface area (Å²) in [6.07, 6.45) is 5.66. The van der Waals surface area contributed by atoms with Gasteiger partial charge in [-0.2, -0.15) is 0 Å². The summed E-state index contributed by atoms with van der Waals surface area (Å²) in [5.74, 6) is 0.261. The standard InChI is InChI=1S/C13H18O2S2/c1-10-7-8-13(16-10)12(14)9-17(15)11-5-3-2-4-6-11/h7-8,11H,2-6,9H2,1H3. The van der Waals surface area contributed by atoms with Gasteiger partial charge in [0.05, 0.1) is 10.6 Å². The molecular formula is C13H18O2S2. The van der Waals surface area contributed by atoms with E-state index >= 15 is 0 Å². The average Bonchev–Trinajstić information content (AvgIpc) is 2.77. The topological polar surface area (TPSA) is 34.1 Å². The average molecular weight is 270 g/mol. The van der Waals surface area contributed by atoms with Crippen LogP contribution >= 0.6 is 11.3 Å². The van der Waals surface area contributed by atoms with Crippen LogP contribution < -0.4 is 0 Å². The molecule has 0 radical (unpaired) electrons. The highest BCUT2D eigenvalue weighted by Crippen LogP contribution is 2.23. The minimum atomic E-state index is -0.971. The Bertz CT molecular complexity index is 417. The van der Waals surface area contributed by atoms with E-state index in [9.17, 15) is 9.00 Å². The van der Waals surface area contributed by atoms with Crippen LogP contribution in [0, 0.1) is 6.92 Å². The molecule has 1 aromatic heterocycles. The van der Waals surface area contributed by atoms with E-state index in [4.69, 9.17) is 0 Å². The zero-order valence-electron chi connectivity index (χ0n) is 10.1. The quantitative estimate of drug-likeness (QED) is 0.787. The molecule has 4 heteroatoms. The molecule has 1 fully saturated rings. The van der Waals surface area contributed by atoms with E-state index in [1.165, 1.54) is 30.6 Å². The molecule has 1 atom stereocenters. The Balaban J connectivity index is 1.91. The molecule has 0 bridgehead atoms. The first kappa shape index (κ1) is 13.0. The van der Waals surface area contributed by atoms with Crippen LogP contribution in [0.5, 0.6) is 0 Å². The van der Waals surface area contributed by atoms with Crippen LogP contribution in [0.25, 0.3) is 0 Å². The number of ketones is 1. The van der Waals surface area contributed by atoms with Crippen molar-refractivity contribution in [2.75, 3.05) is 5.75 Å². The second kappa shape index (κ2) is 5.91. The molecule has 2 nitrogen and oxygen atoms in total. The van der Waals surface area contributed by atoms with Crippen LogP contribution in [0.1, 0.15) is 46.7 Å². The number of hydrogen-bond donors (Lipinski definition) is 0. The third-order valence-corrected chi connectivity index (χ3v) is 6.02. The molecule has 1 aromatic rings. The lowest BCUT2D eigenvalue weighted by atomic mass is 10.0. The van der Waals surface area contributed by atoms with Crippen LogP contribution in [0.3, 0.4) is 0 Å². The molecule has 94 valence electrons. The molecule has 0 N–H and O–H groups in total. The summed E-state index contributed by atoms with van der Waals surface area (Å²) in [6.45, 7) is 1.99. The zero-order chi connectivity index (χ0) is 12.3. The van der Waals surface area contributed by atoms with E-state index < -0.39 is 10.8 Å². The number of carbonyl (C=O) groups excluding carboxylic acids is 1. The van der Waals surface area contributed by atoms with Crippen LogP contribution in [-0.2, 0) is 10.8 Å². The maximum Gasteiger partial charge on any atom is 0.185 e. The van der Waals surface area contributed by atoms with Crippen molar-refractivity contribution in [3.63, 3.8) is 0 Å². The van der Waals surface area contributed by atoms with Crippen molar-refractivity contribution in [1.29, 1.82) is 0 Å². The molecule has 0 saturated heterocycles. The fourth-order valence-corrected chi connectivity index (χ4v) is 4.64. The Hall–Kier alpha value is -0.480. The van der Waals surface area contributed by atoms with Crippen LogP contribution in [0.4, 0.5) is 0 Å². The van der Waals surface area contributed by atoms with E-state index in [2.05, 4.69) is 0 Å². The summed E-state index contributed by atoms with van der Waals surface area (Å²) >= 11 is 1.50. The number of thiophene rings is 1. The van der Waals surface area contributed by atoms with E-state index in [0.717, 1.165) is 22.6 Å². The molecule has 1 saturated carbocycles. The summed E-state index contributed by atoms with van der Waals surface area (Å²) in [4.78, 5) is 13.8. The van der Waals surface area contributed by atoms with Gasteiger partial charge in [-0.1, -0.05) is 19.3 Å². The molecule has 0 aromatic carbocycles. The highest BCUT2D eigenvalue weighted by atomic mass is 32.2. The second-order valence-corrected chi connectivity index (χ2v) is 7.62. The largest absolute Gasteiger partial charge is 0.292 e. The van der Waals surface area contributed by atoms with Crippen molar-refractivity contribution >= 4 is 27.9 Å². The van der Waals surface area contributed by atoms with Gasteiger partial charge in [0.1, 0.15) is 0 Å². The van der Waals surface area contributed by atoms with E-state index in [1.54, 1.807) is 0 Å². The minimum Gasteiger partial charge on any atom is -0.292 e. The third-order valence-electron chi connectivity index (χ3n) is 3.21. The van der Waals surface area contributed by atoms with E-state index in [0.29, 0.717) is 0 Å². The van der Waals surface area contributed by atoms with Gasteiger partial charge in [0.2, 0.25) is 0 Å². The van der Waals surface area contributed by atoms with Gasteiger partial charge >= 0.3 is 0 Å². The lowest BCUT2D eigenvalue weighted by molar-refractivity contribution is 0.102. The summed E-state index contributed by atoms with van der Waals surface area (Å²) in [5.41, 5.74) is 0. The van der Waals surface area contributed by atoms with Gasteiger partial charge in [-0.05, 0) is 31.9 Å². The van der Waals surface area contributed by atoms with Crippen molar-refractivity contribution in [2.45, 2.75) is 44.3 Å². The van der Waals surface area contributed by atoms with Crippen molar-refractivity contribution < 1.29 is 9.00 Å². The highest BCUT2D eigenvalue weighted by Gasteiger charge is 2.22. The SMILES string of the molecule is Cc1ccc(C(=O)CS(=O)C2CCCCC2)s1. The summed E-state index contributed by atoms with van der Waals surface area (Å²) < 4.78 is 12.1. The number of rotatable bonds is 4. The normalized spacial score (nSPS) is 19.1. The Morgan fingerprint density at radius 1 is 1.35 bits per heavy atom. The van der Waals surface area contributed by atoms with Crippen molar-refractivity contribution in [3.8, 4) is 0 Å². The van der Waals surface area contributed by atoms with Crippen molar-refractivity contribution in [3.05, 3.63) is 21.9 Å². The van der Waals surface area contributed by atoms with Crippen molar-refractivity contribution in [2.24, 2.45) is 0 Å². The Kier molecular flexibility index (Phi) is 4.51. The van der Waals surface area contributed by atoms with Gasteiger partial charge in [0.25, 0.3) is 0 Å². The van der Waals surface area contributed by atoms with Crippen LogP contribution in [-0.4, -0.2) is 21.0 Å². The Labute approximate surface area is 109 Å². The first-order valence-corrected chi connectivity index (χ1v) is 8.33. The highest BCUT2D eigenvalue weighted by molar-refractivity contribution is 7.86. The maximum atomic E-state index is 12.1. The molecule has 0 amide bonds. The van der Waals surface area contributed by atoms with Crippen LogP contribution in [0.2, 0.25) is 0 Å². The summed E-state index contributed by atoms with van der Waals surface area (Å²) in [5, 5.41) is 0.258. The predicted octanol–water partition coefficient (Wildman–Crippen LogP) is 3.32. The Morgan fingerprint density at radius 2 is 2.06 bits per heavy atom. The van der Waals surface area contributed by atoms with Crippen LogP contribution in [0.15, 0.2) is 12.1 Å². The monoisotopic (exact) mass is 270 g/mol. The zero-order valence-corrected chi connectivity index (χ0v) is 11.7. The molecule has 0 spiro atoms. The molecule has 17 heavy (non-hydrogen) atoms. The second-order valence-electron chi connectivity index (χ2n) is 4.62. The smallest absolute Gasteiger partial charge is 0.185 e. The number of hydrogen-bond acceptors (Lipinski definition) is 3. The number of Topliss-reactive ketones (excluding diaryl/α,β-unsaturated/α-hetero) is 1. The van der Waals surface area contributed by atoms with E-state index in [-0.39, 0.29) is 16.8 Å². The molecule has 1 aliphatic rings. The van der Waals surface area contributed by atoms with E-state index in [1.807, 2.05) is 19.1 Å². The lowest BCUT2D eigenvalue weighted by Gasteiger charge is -2.20. The van der Waals surface area contributed by atoms with Gasteiger partial charge in [0.15, 0.2) is 5.78 Å². The van der Waals surface area contributed by atoms with Gasteiger partial charge in [-0.15, -0.1) is 11.3 Å². The molecule has 0 aliphatic heterocycles. The van der Waals surface area contributed by atoms with Gasteiger partial charge in [-0.3, -0.25) is 9.00 Å². The van der Waals surface area contributed by atoms with Crippen molar-refractivity contribution in [1.82, 2.24) is 0 Å². The van der Waals surface area contributed by atoms with Gasteiger partial charge in [0, 0.05) is 20.9 Å². The number of aryl methyl sites for hydroxylation is 1. The predicted molar refractivity (Wildman–Crippen MR) is 73.3 cm³/mol. The fourth-order valence-electron chi connectivity index (χ4n) is 2.23. The minimum absolute atomic E-state index is 0.0482. The van der Waals surface area contributed by atoms with Gasteiger partial charge < -0.3 is 0 Å². The molecule has 1 unspecified atom stereocenters. The molecule has 1 heterocycles. The molecule has 1 aliphatic carbocycles. The first-order valence-electron chi connectivity index (χ1n) is 6.13. The van der Waals surface area contributed by atoms with Gasteiger partial charge in [-0.25, -0.2) is 0 Å². The lowest BCUT2D eigenvalue weighted by Crippen LogP contribution is -2.24. The fraction of sp³-hybridized carbons (Fsp3) is 0.615. The summed E-state index contributed by atoms with van der Waals surface area (Å²) in [7, 11) is -0.971. The first-order chi connectivity index (χ1) is 8.16. The number of carbonyl (C=O) groups is 1. The Morgan fingerprint density at radius 3 is 2.65 bits per heavy atom. The maximum absolute atomic E-state index is 12.1. The molecule has 2 rings (SSSR count). The summed E-state index contributed by atoms with van der Waals surface area (Å²) in [6, 6.07) is 3.79.